The van der Waals surface area contributed by atoms with Crippen molar-refractivity contribution >= 4 is 8.69 Å². The largest absolute Gasteiger partial charge is 0.392 e. The molecule has 0 spiro atoms. The molecule has 1 atom stereocenters. The SMILES string of the molecule is O=[PH2]O.OCc1ccccc1. The van der Waals surface area contributed by atoms with Gasteiger partial charge in [-0.25, -0.2) is 0 Å². The van der Waals surface area contributed by atoms with Crippen molar-refractivity contribution in [3.05, 3.63) is 35.9 Å². The van der Waals surface area contributed by atoms with Crippen LogP contribution in [0.15, 0.2) is 30.3 Å². The third kappa shape index (κ3) is 5.80. The standard InChI is InChI=1S/C7H8O.H3O2P/c8-6-7-4-2-1-3-5-7;1-3-2/h1-5,8H,6H2;3H2,(H,1,2). The third-order valence-electron chi connectivity index (χ3n) is 1.03. The van der Waals surface area contributed by atoms with E-state index in [2.05, 4.69) is 0 Å². The van der Waals surface area contributed by atoms with Crippen molar-refractivity contribution < 1.29 is 14.6 Å². The van der Waals surface area contributed by atoms with Crippen LogP contribution in [0, 0.1) is 0 Å². The minimum atomic E-state index is -1.50. The Labute approximate surface area is 66.6 Å². The zero-order valence-corrected chi connectivity index (χ0v) is 7.13. The van der Waals surface area contributed by atoms with Crippen LogP contribution >= 0.6 is 8.69 Å². The summed E-state index contributed by atoms with van der Waals surface area (Å²) < 4.78 is 8.57. The van der Waals surface area contributed by atoms with Crippen LogP contribution in [0.4, 0.5) is 0 Å². The molecule has 2 N–H and O–H groups in total. The third-order valence-corrected chi connectivity index (χ3v) is 1.03. The highest BCUT2D eigenvalue weighted by Crippen LogP contribution is 1.95. The Balaban J connectivity index is 0.000000292. The zero-order chi connectivity index (χ0) is 8.53. The molecule has 4 heteroatoms. The van der Waals surface area contributed by atoms with Crippen molar-refractivity contribution in [2.24, 2.45) is 0 Å². The van der Waals surface area contributed by atoms with Crippen LogP contribution < -0.4 is 0 Å². The molecule has 0 aliphatic heterocycles. The second kappa shape index (κ2) is 7.48. The van der Waals surface area contributed by atoms with Gasteiger partial charge < -0.3 is 10.00 Å². The van der Waals surface area contributed by atoms with Crippen molar-refractivity contribution in [1.29, 1.82) is 0 Å². The summed E-state index contributed by atoms with van der Waals surface area (Å²) >= 11 is 0. The van der Waals surface area contributed by atoms with E-state index in [-0.39, 0.29) is 6.61 Å². The van der Waals surface area contributed by atoms with Crippen LogP contribution in [0.2, 0.25) is 0 Å². The molecule has 0 aliphatic rings. The highest BCUT2D eigenvalue weighted by atomic mass is 31.1. The highest BCUT2D eigenvalue weighted by Gasteiger charge is 1.81. The molecule has 0 saturated carbocycles. The zero-order valence-electron chi connectivity index (χ0n) is 5.97. The molecular weight excluding hydrogens is 163 g/mol. The lowest BCUT2D eigenvalue weighted by Crippen LogP contribution is -1.77. The van der Waals surface area contributed by atoms with Crippen molar-refractivity contribution in [2.45, 2.75) is 6.61 Å². The Morgan fingerprint density at radius 2 is 1.73 bits per heavy atom. The minimum Gasteiger partial charge on any atom is -0.392 e. The van der Waals surface area contributed by atoms with E-state index < -0.39 is 8.69 Å². The highest BCUT2D eigenvalue weighted by molar-refractivity contribution is 7.16. The number of rotatable bonds is 1. The maximum Gasteiger partial charge on any atom is 0.177 e. The lowest BCUT2D eigenvalue weighted by Gasteiger charge is -1.89. The first-order valence-electron chi connectivity index (χ1n) is 3.07. The molecule has 1 aromatic carbocycles. The van der Waals surface area contributed by atoms with E-state index in [0.717, 1.165) is 5.56 Å². The van der Waals surface area contributed by atoms with E-state index in [1.54, 1.807) is 0 Å². The second-order valence-corrected chi connectivity index (χ2v) is 1.96. The fourth-order valence-electron chi connectivity index (χ4n) is 0.583. The van der Waals surface area contributed by atoms with Gasteiger partial charge >= 0.3 is 0 Å². The monoisotopic (exact) mass is 174 g/mol. The van der Waals surface area contributed by atoms with Crippen LogP contribution in [0.5, 0.6) is 0 Å². The van der Waals surface area contributed by atoms with Gasteiger partial charge in [-0.05, 0) is 5.56 Å². The van der Waals surface area contributed by atoms with Gasteiger partial charge in [0, 0.05) is 0 Å². The number of aliphatic hydroxyl groups excluding tert-OH is 1. The van der Waals surface area contributed by atoms with Gasteiger partial charge in [0.25, 0.3) is 0 Å². The topological polar surface area (TPSA) is 57.5 Å². The van der Waals surface area contributed by atoms with E-state index in [0.29, 0.717) is 0 Å². The molecular formula is C7H11O3P. The molecule has 0 aromatic heterocycles. The Hall–Kier alpha value is -0.630. The van der Waals surface area contributed by atoms with Crippen LogP contribution in [0.25, 0.3) is 0 Å². The number of aliphatic hydroxyl groups is 1. The lowest BCUT2D eigenvalue weighted by atomic mass is 10.2. The molecule has 3 nitrogen and oxygen atoms in total. The van der Waals surface area contributed by atoms with Gasteiger partial charge in [0.05, 0.1) is 6.61 Å². The molecule has 0 radical (unpaired) electrons. The molecule has 0 bridgehead atoms. The van der Waals surface area contributed by atoms with Gasteiger partial charge in [-0.1, -0.05) is 30.3 Å². The van der Waals surface area contributed by atoms with Gasteiger partial charge in [-0.15, -0.1) is 0 Å². The predicted octanol–water partition coefficient (Wildman–Crippen LogP) is 0.829. The summed E-state index contributed by atoms with van der Waals surface area (Å²) in [6, 6.07) is 9.52. The van der Waals surface area contributed by atoms with Crippen molar-refractivity contribution in [2.75, 3.05) is 0 Å². The van der Waals surface area contributed by atoms with Crippen LogP contribution in [-0.4, -0.2) is 10.00 Å². The molecule has 0 saturated heterocycles. The number of benzene rings is 1. The van der Waals surface area contributed by atoms with Gasteiger partial charge in [0.15, 0.2) is 8.69 Å². The Morgan fingerprint density at radius 1 is 1.27 bits per heavy atom. The van der Waals surface area contributed by atoms with Crippen molar-refractivity contribution in [3.8, 4) is 0 Å². The molecule has 0 fully saturated rings. The molecule has 0 amide bonds. The molecule has 1 rings (SSSR count). The summed E-state index contributed by atoms with van der Waals surface area (Å²) in [4.78, 5) is 7.10. The first kappa shape index (κ1) is 10.4. The average molecular weight is 174 g/mol. The van der Waals surface area contributed by atoms with Gasteiger partial charge in [0.1, 0.15) is 0 Å². The van der Waals surface area contributed by atoms with Gasteiger partial charge in [-0.3, -0.25) is 4.57 Å². The summed E-state index contributed by atoms with van der Waals surface area (Å²) in [5.74, 6) is 0. The van der Waals surface area contributed by atoms with Crippen molar-refractivity contribution in [1.82, 2.24) is 0 Å². The Morgan fingerprint density at radius 3 is 2.00 bits per heavy atom. The smallest absolute Gasteiger partial charge is 0.177 e. The normalized spacial score (nSPS) is 9.27. The summed E-state index contributed by atoms with van der Waals surface area (Å²) in [5, 5.41) is 8.54. The maximum absolute atomic E-state index is 8.57. The summed E-state index contributed by atoms with van der Waals surface area (Å²) in [6.07, 6.45) is 0. The van der Waals surface area contributed by atoms with E-state index in [4.69, 9.17) is 14.6 Å². The fourth-order valence-corrected chi connectivity index (χ4v) is 0.583. The van der Waals surface area contributed by atoms with E-state index in [1.165, 1.54) is 0 Å². The molecule has 0 aliphatic carbocycles. The number of hydrogen-bond donors (Lipinski definition) is 2. The van der Waals surface area contributed by atoms with Crippen LogP contribution in [0.1, 0.15) is 5.56 Å². The van der Waals surface area contributed by atoms with Crippen molar-refractivity contribution in [3.63, 3.8) is 0 Å². The lowest BCUT2D eigenvalue weighted by molar-refractivity contribution is 0.282. The molecule has 1 unspecified atom stereocenters. The average Bonchev–Trinajstić information content (AvgIpc) is 2.08. The van der Waals surface area contributed by atoms with E-state index >= 15 is 0 Å². The number of hydrogen-bond acceptors (Lipinski definition) is 2. The summed E-state index contributed by atoms with van der Waals surface area (Å²) in [5.41, 5.74) is 0.965. The first-order valence-corrected chi connectivity index (χ1v) is 4.06. The fraction of sp³-hybridized carbons (Fsp3) is 0.143. The molecule has 0 heterocycles. The van der Waals surface area contributed by atoms with Gasteiger partial charge in [-0.2, -0.15) is 0 Å². The maximum atomic E-state index is 8.57. The van der Waals surface area contributed by atoms with Gasteiger partial charge in [0.2, 0.25) is 0 Å². The summed E-state index contributed by atoms with van der Waals surface area (Å²) in [6.45, 7) is 0.140. The minimum absolute atomic E-state index is 0.140. The quantitative estimate of drug-likeness (QED) is 0.620. The Kier molecular flexibility index (Phi) is 7.05. The predicted molar refractivity (Wildman–Crippen MR) is 45.0 cm³/mol. The molecule has 62 valence electrons. The Bertz CT molecular complexity index is 188. The second-order valence-electron chi connectivity index (χ2n) is 1.75. The first-order chi connectivity index (χ1) is 5.35. The summed E-state index contributed by atoms with van der Waals surface area (Å²) in [7, 11) is -1.50. The molecule has 11 heavy (non-hydrogen) atoms. The van der Waals surface area contributed by atoms with Crippen LogP contribution in [-0.2, 0) is 11.2 Å². The van der Waals surface area contributed by atoms with Crippen LogP contribution in [0.3, 0.4) is 0 Å². The van der Waals surface area contributed by atoms with E-state index in [1.807, 2.05) is 30.3 Å². The molecule has 1 aromatic rings. The van der Waals surface area contributed by atoms with E-state index in [9.17, 15) is 0 Å².